The molecule has 0 unspecified atom stereocenters. The fraction of sp³-hybridized carbons (Fsp3) is 0.190. The van der Waals surface area contributed by atoms with Gasteiger partial charge < -0.3 is 15.7 Å². The normalized spacial score (nSPS) is 11.2. The van der Waals surface area contributed by atoms with Crippen molar-refractivity contribution >= 4 is 11.7 Å². The van der Waals surface area contributed by atoms with Gasteiger partial charge in [-0.05, 0) is 48.9 Å². The van der Waals surface area contributed by atoms with E-state index in [1.807, 2.05) is 6.07 Å². The zero-order valence-corrected chi connectivity index (χ0v) is 16.7. The summed E-state index contributed by atoms with van der Waals surface area (Å²) in [6, 6.07) is 10.1. The summed E-state index contributed by atoms with van der Waals surface area (Å²) in [6.45, 7) is 0.826. The number of aryl methyl sites for hydroxylation is 1. The van der Waals surface area contributed by atoms with Crippen molar-refractivity contribution in [1.82, 2.24) is 15.1 Å². The van der Waals surface area contributed by atoms with Crippen LogP contribution in [0.5, 0.6) is 0 Å². The SMILES string of the molecule is Cc1cc(-n2nc(C(F)(F)F)cc2CNC(=O)Nc2ccc(CO)c(F)c2)ccc1C#N. The molecule has 166 valence electrons. The van der Waals surface area contributed by atoms with Crippen LogP contribution < -0.4 is 10.6 Å². The van der Waals surface area contributed by atoms with Gasteiger partial charge in [0, 0.05) is 11.3 Å². The van der Waals surface area contributed by atoms with Gasteiger partial charge in [0.25, 0.3) is 0 Å². The van der Waals surface area contributed by atoms with E-state index >= 15 is 0 Å². The van der Waals surface area contributed by atoms with Gasteiger partial charge in [0.15, 0.2) is 5.69 Å². The summed E-state index contributed by atoms with van der Waals surface area (Å²) in [4.78, 5) is 12.2. The van der Waals surface area contributed by atoms with Crippen LogP contribution in [0, 0.1) is 24.1 Å². The van der Waals surface area contributed by atoms with Crippen molar-refractivity contribution in [2.45, 2.75) is 26.3 Å². The maximum atomic E-state index is 13.7. The van der Waals surface area contributed by atoms with Gasteiger partial charge in [0.1, 0.15) is 5.82 Å². The fourth-order valence-electron chi connectivity index (χ4n) is 2.91. The number of amides is 2. The molecule has 0 radical (unpaired) electrons. The second kappa shape index (κ2) is 9.07. The summed E-state index contributed by atoms with van der Waals surface area (Å²) in [5, 5.41) is 26.4. The van der Waals surface area contributed by atoms with Crippen molar-refractivity contribution in [2.75, 3.05) is 5.32 Å². The maximum absolute atomic E-state index is 13.7. The summed E-state index contributed by atoms with van der Waals surface area (Å²) < 4.78 is 54.4. The molecule has 3 rings (SSSR count). The van der Waals surface area contributed by atoms with E-state index in [9.17, 15) is 22.4 Å². The second-order valence-electron chi connectivity index (χ2n) is 6.81. The molecule has 0 fully saturated rings. The number of anilines is 1. The minimum absolute atomic E-state index is 0.0402. The average Bonchev–Trinajstić information content (AvgIpc) is 3.17. The van der Waals surface area contributed by atoms with Crippen molar-refractivity contribution in [1.29, 1.82) is 5.26 Å². The first-order valence-corrected chi connectivity index (χ1v) is 9.23. The van der Waals surface area contributed by atoms with E-state index in [0.29, 0.717) is 11.1 Å². The number of aliphatic hydroxyl groups is 1. The Morgan fingerprint density at radius 3 is 2.56 bits per heavy atom. The molecule has 0 aliphatic rings. The Morgan fingerprint density at radius 1 is 1.22 bits per heavy atom. The third-order valence-electron chi connectivity index (χ3n) is 4.56. The minimum Gasteiger partial charge on any atom is -0.392 e. The highest BCUT2D eigenvalue weighted by atomic mass is 19.4. The number of aromatic nitrogens is 2. The van der Waals surface area contributed by atoms with E-state index in [-0.39, 0.29) is 29.2 Å². The van der Waals surface area contributed by atoms with Gasteiger partial charge in [-0.25, -0.2) is 13.9 Å². The van der Waals surface area contributed by atoms with E-state index in [1.54, 1.807) is 6.92 Å². The fourth-order valence-corrected chi connectivity index (χ4v) is 2.91. The van der Waals surface area contributed by atoms with Crippen LogP contribution in [0.15, 0.2) is 42.5 Å². The highest BCUT2D eigenvalue weighted by Gasteiger charge is 2.35. The number of carbonyl (C=O) groups is 1. The zero-order valence-electron chi connectivity index (χ0n) is 16.7. The molecule has 32 heavy (non-hydrogen) atoms. The Bertz CT molecular complexity index is 1200. The molecular formula is C21H17F4N5O2. The predicted molar refractivity (Wildman–Crippen MR) is 106 cm³/mol. The number of benzene rings is 2. The summed E-state index contributed by atoms with van der Waals surface area (Å²) >= 11 is 0. The molecule has 3 N–H and O–H groups in total. The Hall–Kier alpha value is -3.91. The lowest BCUT2D eigenvalue weighted by atomic mass is 10.1. The van der Waals surface area contributed by atoms with Crippen LogP contribution in [0.4, 0.5) is 28.0 Å². The summed E-state index contributed by atoms with van der Waals surface area (Å²) in [7, 11) is 0. The molecule has 0 aliphatic carbocycles. The standard InChI is InChI=1S/C21H17F4N5O2/c1-12-6-16(5-3-13(12)9-26)30-17(8-19(29-30)21(23,24)25)10-27-20(32)28-15-4-2-14(11-31)18(22)7-15/h2-8,31H,10-11H2,1H3,(H2,27,28,32). The van der Waals surface area contributed by atoms with Crippen LogP contribution in [0.2, 0.25) is 0 Å². The van der Waals surface area contributed by atoms with Crippen LogP contribution >= 0.6 is 0 Å². The number of rotatable bonds is 5. The third kappa shape index (κ3) is 5.04. The van der Waals surface area contributed by atoms with Crippen LogP contribution in [0.1, 0.15) is 28.1 Å². The Morgan fingerprint density at radius 2 is 1.97 bits per heavy atom. The van der Waals surface area contributed by atoms with Crippen LogP contribution in [0.25, 0.3) is 5.69 Å². The van der Waals surface area contributed by atoms with Gasteiger partial charge in [0.05, 0.1) is 36.2 Å². The lowest BCUT2D eigenvalue weighted by Gasteiger charge is -2.11. The molecule has 3 aromatic rings. The monoisotopic (exact) mass is 447 g/mol. The summed E-state index contributed by atoms with van der Waals surface area (Å²) in [5.74, 6) is -0.714. The van der Waals surface area contributed by atoms with E-state index in [4.69, 9.17) is 10.4 Å². The zero-order chi connectivity index (χ0) is 23.5. The number of carbonyl (C=O) groups excluding carboxylic acids is 1. The number of urea groups is 1. The average molecular weight is 447 g/mol. The van der Waals surface area contributed by atoms with Gasteiger partial charge in [-0.3, -0.25) is 0 Å². The lowest BCUT2D eigenvalue weighted by Crippen LogP contribution is -2.29. The molecule has 0 spiro atoms. The molecule has 11 heteroatoms. The minimum atomic E-state index is -4.70. The Balaban J connectivity index is 1.81. The third-order valence-corrected chi connectivity index (χ3v) is 4.56. The van der Waals surface area contributed by atoms with Crippen molar-refractivity contribution in [3.05, 3.63) is 76.4 Å². The molecular weight excluding hydrogens is 430 g/mol. The van der Waals surface area contributed by atoms with Crippen molar-refractivity contribution in [3.8, 4) is 11.8 Å². The number of hydrogen-bond donors (Lipinski definition) is 3. The quantitative estimate of drug-likeness (QED) is 0.514. The molecule has 2 aromatic carbocycles. The lowest BCUT2D eigenvalue weighted by molar-refractivity contribution is -0.141. The molecule has 0 saturated heterocycles. The van der Waals surface area contributed by atoms with Crippen LogP contribution in [-0.2, 0) is 19.3 Å². The number of nitrogens with one attached hydrogen (secondary N) is 2. The molecule has 1 aromatic heterocycles. The second-order valence-corrected chi connectivity index (χ2v) is 6.81. The number of halogens is 4. The van der Waals surface area contributed by atoms with Crippen molar-refractivity contribution in [3.63, 3.8) is 0 Å². The number of nitrogens with zero attached hydrogens (tertiary/aromatic N) is 3. The largest absolute Gasteiger partial charge is 0.435 e. The molecule has 0 aliphatic heterocycles. The number of hydrogen-bond acceptors (Lipinski definition) is 4. The summed E-state index contributed by atoms with van der Waals surface area (Å²) in [5.41, 5.74) is 0.267. The summed E-state index contributed by atoms with van der Waals surface area (Å²) in [6.07, 6.45) is -4.70. The smallest absolute Gasteiger partial charge is 0.392 e. The van der Waals surface area contributed by atoms with Crippen molar-refractivity contribution in [2.24, 2.45) is 0 Å². The van der Waals surface area contributed by atoms with E-state index in [0.717, 1.165) is 16.8 Å². The first kappa shape index (κ1) is 22.8. The molecule has 0 saturated carbocycles. The molecule has 0 atom stereocenters. The predicted octanol–water partition coefficient (Wildman–Crippen LogP) is 4.02. The molecule has 1 heterocycles. The van der Waals surface area contributed by atoms with Gasteiger partial charge in [-0.15, -0.1) is 0 Å². The highest BCUT2D eigenvalue weighted by Crippen LogP contribution is 2.30. The van der Waals surface area contributed by atoms with Gasteiger partial charge in [-0.2, -0.15) is 23.5 Å². The molecule has 0 bridgehead atoms. The first-order valence-electron chi connectivity index (χ1n) is 9.23. The van der Waals surface area contributed by atoms with Crippen molar-refractivity contribution < 1.29 is 27.5 Å². The van der Waals surface area contributed by atoms with Gasteiger partial charge >= 0.3 is 12.2 Å². The molecule has 7 nitrogen and oxygen atoms in total. The number of nitriles is 1. The van der Waals surface area contributed by atoms with Crippen LogP contribution in [-0.4, -0.2) is 20.9 Å². The van der Waals surface area contributed by atoms with Crippen LogP contribution in [0.3, 0.4) is 0 Å². The Kier molecular flexibility index (Phi) is 6.45. The van der Waals surface area contributed by atoms with E-state index in [2.05, 4.69) is 15.7 Å². The van der Waals surface area contributed by atoms with Gasteiger partial charge in [-0.1, -0.05) is 6.07 Å². The number of aliphatic hydroxyl groups excluding tert-OH is 1. The highest BCUT2D eigenvalue weighted by molar-refractivity contribution is 5.89. The maximum Gasteiger partial charge on any atom is 0.435 e. The van der Waals surface area contributed by atoms with Gasteiger partial charge in [0.2, 0.25) is 0 Å². The first-order chi connectivity index (χ1) is 15.1. The van der Waals surface area contributed by atoms with E-state index in [1.165, 1.54) is 30.3 Å². The number of alkyl halides is 3. The molecule has 2 amide bonds. The topological polar surface area (TPSA) is 103 Å². The van der Waals surface area contributed by atoms with E-state index < -0.39 is 30.3 Å². The Labute approximate surface area is 179 Å².